The summed E-state index contributed by atoms with van der Waals surface area (Å²) in [5.74, 6) is -1.70. The van der Waals surface area contributed by atoms with Gasteiger partial charge in [0.25, 0.3) is 5.91 Å². The lowest BCUT2D eigenvalue weighted by Crippen LogP contribution is -2.43. The van der Waals surface area contributed by atoms with E-state index in [-0.39, 0.29) is 12.3 Å². The molecule has 0 bridgehead atoms. The molecule has 2 aromatic rings. The molecular weight excluding hydrogens is 262 g/mol. The molecule has 1 amide bonds. The Morgan fingerprint density at radius 3 is 2.95 bits per heavy atom. The van der Waals surface area contributed by atoms with Gasteiger partial charge in [-0.3, -0.25) is 4.79 Å². The van der Waals surface area contributed by atoms with Crippen molar-refractivity contribution in [3.63, 3.8) is 0 Å². The summed E-state index contributed by atoms with van der Waals surface area (Å²) >= 11 is 0. The number of methoxy groups -OCH3 is 1. The van der Waals surface area contributed by atoms with Gasteiger partial charge in [0.1, 0.15) is 11.3 Å². The summed E-state index contributed by atoms with van der Waals surface area (Å²) in [5, 5.41) is 11.3. The van der Waals surface area contributed by atoms with Crippen LogP contribution in [0, 0.1) is 6.92 Å². The average Bonchev–Trinajstić information content (AvgIpc) is 2.80. The second-order valence-corrected chi connectivity index (χ2v) is 4.42. The molecule has 0 saturated heterocycles. The number of imidazole rings is 1. The summed E-state index contributed by atoms with van der Waals surface area (Å²) in [7, 11) is 1.37. The fraction of sp³-hybridized carbons (Fsp3) is 0.308. The van der Waals surface area contributed by atoms with Crippen LogP contribution in [-0.2, 0) is 9.53 Å². The number of fused-ring (bicyclic) bond motifs is 1. The van der Waals surface area contributed by atoms with E-state index in [1.54, 1.807) is 16.8 Å². The van der Waals surface area contributed by atoms with E-state index < -0.39 is 17.9 Å². The van der Waals surface area contributed by atoms with E-state index in [4.69, 9.17) is 9.84 Å². The molecule has 2 aromatic heterocycles. The van der Waals surface area contributed by atoms with Crippen LogP contribution in [0.15, 0.2) is 24.5 Å². The number of hydrogen-bond donors (Lipinski definition) is 2. The highest BCUT2D eigenvalue weighted by atomic mass is 16.5. The molecule has 2 rings (SSSR count). The van der Waals surface area contributed by atoms with Gasteiger partial charge in [-0.1, -0.05) is 0 Å². The summed E-state index contributed by atoms with van der Waals surface area (Å²) in [6.45, 7) is 1.82. The molecule has 0 fully saturated rings. The van der Waals surface area contributed by atoms with E-state index in [1.807, 2.05) is 19.1 Å². The SMILES string of the molecule is COCC(NC(=O)c1cn2ccc(C)cc2n1)C(=O)O. The van der Waals surface area contributed by atoms with Crippen molar-refractivity contribution in [2.45, 2.75) is 13.0 Å². The van der Waals surface area contributed by atoms with Crippen molar-refractivity contribution < 1.29 is 19.4 Å². The number of hydrogen-bond acceptors (Lipinski definition) is 4. The van der Waals surface area contributed by atoms with Gasteiger partial charge >= 0.3 is 5.97 Å². The predicted molar refractivity (Wildman–Crippen MR) is 70.7 cm³/mol. The van der Waals surface area contributed by atoms with E-state index >= 15 is 0 Å². The quantitative estimate of drug-likeness (QED) is 0.828. The molecule has 106 valence electrons. The Kier molecular flexibility index (Phi) is 3.99. The van der Waals surface area contributed by atoms with Crippen LogP contribution in [0.4, 0.5) is 0 Å². The maximum atomic E-state index is 12.0. The number of aliphatic carboxylic acids is 1. The normalized spacial score (nSPS) is 12.3. The maximum Gasteiger partial charge on any atom is 0.328 e. The molecule has 7 heteroatoms. The van der Waals surface area contributed by atoms with Crippen LogP contribution < -0.4 is 5.32 Å². The van der Waals surface area contributed by atoms with Gasteiger partial charge < -0.3 is 19.6 Å². The molecular formula is C13H15N3O4. The summed E-state index contributed by atoms with van der Waals surface area (Å²) in [5.41, 5.74) is 1.82. The minimum atomic E-state index is -1.15. The smallest absolute Gasteiger partial charge is 0.328 e. The summed E-state index contributed by atoms with van der Waals surface area (Å²) in [4.78, 5) is 27.1. The zero-order chi connectivity index (χ0) is 14.7. The molecule has 0 spiro atoms. The number of carboxylic acids is 1. The van der Waals surface area contributed by atoms with E-state index in [0.717, 1.165) is 5.56 Å². The minimum absolute atomic E-state index is 0.104. The number of pyridine rings is 1. The van der Waals surface area contributed by atoms with Crippen LogP contribution in [0.25, 0.3) is 5.65 Å². The van der Waals surface area contributed by atoms with Crippen LogP contribution >= 0.6 is 0 Å². The molecule has 0 aliphatic heterocycles. The number of amides is 1. The molecule has 20 heavy (non-hydrogen) atoms. The van der Waals surface area contributed by atoms with Crippen LogP contribution in [0.1, 0.15) is 16.1 Å². The van der Waals surface area contributed by atoms with Crippen molar-refractivity contribution in [2.75, 3.05) is 13.7 Å². The van der Waals surface area contributed by atoms with E-state index in [9.17, 15) is 9.59 Å². The lowest BCUT2D eigenvalue weighted by atomic mass is 10.3. The van der Waals surface area contributed by atoms with Gasteiger partial charge in [-0.15, -0.1) is 0 Å². The van der Waals surface area contributed by atoms with Crippen LogP contribution in [0.3, 0.4) is 0 Å². The average molecular weight is 277 g/mol. The molecule has 0 aromatic carbocycles. The lowest BCUT2D eigenvalue weighted by molar-refractivity contribution is -0.140. The monoisotopic (exact) mass is 277 g/mol. The number of nitrogens with zero attached hydrogens (tertiary/aromatic N) is 2. The highest BCUT2D eigenvalue weighted by molar-refractivity contribution is 5.95. The van der Waals surface area contributed by atoms with Crippen molar-refractivity contribution >= 4 is 17.5 Å². The third kappa shape index (κ3) is 2.94. The number of ether oxygens (including phenoxy) is 1. The Hall–Kier alpha value is -2.41. The number of carbonyl (C=O) groups is 2. The third-order valence-electron chi connectivity index (χ3n) is 2.79. The highest BCUT2D eigenvalue weighted by Gasteiger charge is 2.21. The second-order valence-electron chi connectivity index (χ2n) is 4.42. The second kappa shape index (κ2) is 5.70. The zero-order valence-electron chi connectivity index (χ0n) is 11.2. The molecule has 0 aliphatic rings. The van der Waals surface area contributed by atoms with Crippen molar-refractivity contribution in [3.05, 3.63) is 35.8 Å². The highest BCUT2D eigenvalue weighted by Crippen LogP contribution is 2.07. The van der Waals surface area contributed by atoms with Gasteiger partial charge in [-0.25, -0.2) is 9.78 Å². The fourth-order valence-electron chi connectivity index (χ4n) is 1.77. The fourth-order valence-corrected chi connectivity index (χ4v) is 1.77. The topological polar surface area (TPSA) is 92.9 Å². The van der Waals surface area contributed by atoms with Gasteiger partial charge in [0.2, 0.25) is 0 Å². The predicted octanol–water partition coefficient (Wildman–Crippen LogP) is 0.472. The molecule has 0 saturated carbocycles. The van der Waals surface area contributed by atoms with Gasteiger partial charge in [0, 0.05) is 19.5 Å². The van der Waals surface area contributed by atoms with Crippen LogP contribution in [-0.4, -0.2) is 46.1 Å². The summed E-state index contributed by atoms with van der Waals surface area (Å²) < 4.78 is 6.46. The minimum Gasteiger partial charge on any atom is -0.480 e. The van der Waals surface area contributed by atoms with E-state index in [2.05, 4.69) is 10.3 Å². The first-order valence-electron chi connectivity index (χ1n) is 5.99. The standard InChI is InChI=1S/C13H15N3O4/c1-8-3-4-16-6-9(14-11(16)5-8)12(17)15-10(7-20-2)13(18)19/h3-6,10H,7H2,1-2H3,(H,15,17)(H,18,19). The molecule has 7 nitrogen and oxygen atoms in total. The van der Waals surface area contributed by atoms with Gasteiger partial charge in [-0.05, 0) is 24.6 Å². The number of carboxylic acid groups (broad SMARTS) is 1. The Balaban J connectivity index is 2.20. The van der Waals surface area contributed by atoms with Crippen molar-refractivity contribution in [3.8, 4) is 0 Å². The number of carbonyl (C=O) groups excluding carboxylic acids is 1. The van der Waals surface area contributed by atoms with Crippen LogP contribution in [0.5, 0.6) is 0 Å². The zero-order valence-corrected chi connectivity index (χ0v) is 11.2. The number of aryl methyl sites for hydroxylation is 1. The number of rotatable bonds is 5. The Morgan fingerprint density at radius 1 is 1.55 bits per heavy atom. The lowest BCUT2D eigenvalue weighted by Gasteiger charge is -2.11. The molecule has 1 atom stereocenters. The van der Waals surface area contributed by atoms with E-state index in [1.165, 1.54) is 7.11 Å². The van der Waals surface area contributed by atoms with Gasteiger partial charge in [0.05, 0.1) is 6.61 Å². The molecule has 1 unspecified atom stereocenters. The van der Waals surface area contributed by atoms with Gasteiger partial charge in [0.15, 0.2) is 6.04 Å². The number of nitrogens with one attached hydrogen (secondary N) is 1. The Bertz CT molecular complexity index is 650. The first kappa shape index (κ1) is 14.0. The first-order chi connectivity index (χ1) is 9.51. The van der Waals surface area contributed by atoms with E-state index in [0.29, 0.717) is 5.65 Å². The third-order valence-corrected chi connectivity index (χ3v) is 2.79. The Labute approximate surface area is 115 Å². The van der Waals surface area contributed by atoms with Crippen molar-refractivity contribution in [2.24, 2.45) is 0 Å². The van der Waals surface area contributed by atoms with Gasteiger partial charge in [-0.2, -0.15) is 0 Å². The summed E-state index contributed by atoms with van der Waals surface area (Å²) in [6.07, 6.45) is 3.34. The molecule has 2 N–H and O–H groups in total. The molecule has 0 radical (unpaired) electrons. The maximum absolute atomic E-state index is 12.0. The van der Waals surface area contributed by atoms with Crippen molar-refractivity contribution in [1.29, 1.82) is 0 Å². The first-order valence-corrected chi connectivity index (χ1v) is 5.99. The van der Waals surface area contributed by atoms with Crippen LogP contribution in [0.2, 0.25) is 0 Å². The largest absolute Gasteiger partial charge is 0.480 e. The Morgan fingerprint density at radius 2 is 2.30 bits per heavy atom. The molecule has 0 aliphatic carbocycles. The van der Waals surface area contributed by atoms with Crippen molar-refractivity contribution in [1.82, 2.24) is 14.7 Å². The molecule has 2 heterocycles. The number of aromatic nitrogens is 2. The summed E-state index contributed by atoms with van der Waals surface area (Å²) in [6, 6.07) is 2.63.